The quantitative estimate of drug-likeness (QED) is 0.678. The third kappa shape index (κ3) is 6.39. The summed E-state index contributed by atoms with van der Waals surface area (Å²) in [6.07, 6.45) is 1.92. The largest absolute Gasteiger partial charge is 0.444 e. The average molecular weight is 369 g/mol. The van der Waals surface area contributed by atoms with Crippen molar-refractivity contribution in [3.8, 4) is 0 Å². The van der Waals surface area contributed by atoms with Gasteiger partial charge in [0.15, 0.2) is 0 Å². The lowest BCUT2D eigenvalue weighted by Gasteiger charge is -2.33. The van der Waals surface area contributed by atoms with Crippen LogP contribution in [-0.2, 0) is 10.9 Å². The van der Waals surface area contributed by atoms with Crippen molar-refractivity contribution in [2.24, 2.45) is 5.92 Å². The highest BCUT2D eigenvalue weighted by atomic mass is 19.4. The Morgan fingerprint density at radius 2 is 1.73 bits per heavy atom. The number of alkyl halides is 3. The van der Waals surface area contributed by atoms with Crippen molar-refractivity contribution in [3.63, 3.8) is 0 Å². The van der Waals surface area contributed by atoms with E-state index in [-0.39, 0.29) is 6.09 Å². The number of ether oxygens (including phenoxy) is 1. The number of allylic oxidation sites excluding steroid dienone is 1. The monoisotopic (exact) mass is 369 g/mol. The van der Waals surface area contributed by atoms with E-state index in [9.17, 15) is 18.0 Å². The van der Waals surface area contributed by atoms with Crippen LogP contribution >= 0.6 is 0 Å². The fraction of sp³-hybridized carbons (Fsp3) is 0.550. The van der Waals surface area contributed by atoms with Crippen LogP contribution in [0.3, 0.4) is 0 Å². The van der Waals surface area contributed by atoms with Gasteiger partial charge in [-0.3, -0.25) is 0 Å². The van der Waals surface area contributed by atoms with Gasteiger partial charge in [-0.25, -0.2) is 4.79 Å². The number of hydrogen-bond donors (Lipinski definition) is 0. The van der Waals surface area contributed by atoms with E-state index in [4.69, 9.17) is 4.74 Å². The van der Waals surface area contributed by atoms with Crippen LogP contribution in [-0.4, -0.2) is 29.7 Å². The summed E-state index contributed by atoms with van der Waals surface area (Å²) >= 11 is 0. The van der Waals surface area contributed by atoms with E-state index in [0.29, 0.717) is 19.0 Å². The van der Waals surface area contributed by atoms with Crippen LogP contribution in [0.25, 0.3) is 6.08 Å². The second-order valence-corrected chi connectivity index (χ2v) is 7.67. The molecule has 26 heavy (non-hydrogen) atoms. The molecular formula is C20H26F3NO2. The molecule has 1 aromatic rings. The van der Waals surface area contributed by atoms with Crippen LogP contribution in [0.4, 0.5) is 18.0 Å². The molecule has 2 rings (SSSR count). The lowest BCUT2D eigenvalue weighted by atomic mass is 9.93. The highest BCUT2D eigenvalue weighted by molar-refractivity contribution is 5.68. The van der Waals surface area contributed by atoms with Gasteiger partial charge in [-0.15, -0.1) is 0 Å². The molecule has 1 heterocycles. The minimum absolute atomic E-state index is 0.267. The summed E-state index contributed by atoms with van der Waals surface area (Å²) in [5.74, 6) is 0.472. The maximum atomic E-state index is 12.5. The number of amides is 1. The molecule has 0 atom stereocenters. The maximum absolute atomic E-state index is 12.5. The van der Waals surface area contributed by atoms with Crippen molar-refractivity contribution in [2.75, 3.05) is 13.1 Å². The van der Waals surface area contributed by atoms with Gasteiger partial charge < -0.3 is 9.64 Å². The molecule has 0 radical (unpaired) electrons. The number of benzene rings is 1. The number of carbonyl (C=O) groups excluding carboxylic acids is 1. The van der Waals surface area contributed by atoms with Crippen LogP contribution in [0.2, 0.25) is 0 Å². The number of halogens is 3. The number of nitrogens with zero attached hydrogens (tertiary/aromatic N) is 1. The number of hydrogen-bond acceptors (Lipinski definition) is 2. The molecule has 1 amide bonds. The first-order chi connectivity index (χ1) is 12.0. The Morgan fingerprint density at radius 3 is 2.23 bits per heavy atom. The van der Waals surface area contributed by atoms with Crippen molar-refractivity contribution >= 4 is 12.2 Å². The molecule has 0 unspecified atom stereocenters. The zero-order valence-corrected chi connectivity index (χ0v) is 15.5. The highest BCUT2D eigenvalue weighted by Crippen LogP contribution is 2.29. The van der Waals surface area contributed by atoms with Crippen molar-refractivity contribution < 1.29 is 22.7 Å². The topological polar surface area (TPSA) is 29.5 Å². The summed E-state index contributed by atoms with van der Waals surface area (Å²) in [6.45, 7) is 6.90. The van der Waals surface area contributed by atoms with Gasteiger partial charge in [0.25, 0.3) is 0 Å². The molecule has 0 saturated carbocycles. The van der Waals surface area contributed by atoms with Crippen LogP contribution in [0.5, 0.6) is 0 Å². The standard InChI is InChI=1S/C20H26F3NO2/c1-19(2,3)26-18(25)24-13-11-16(12-14-24)6-4-5-15-7-9-17(10-8-15)20(21,22)23/h4-5,7-10,16H,6,11-14H2,1-3H3. The SMILES string of the molecule is CC(C)(C)OC(=O)N1CCC(CC=Cc2ccc(C(F)(F)F)cc2)CC1. The molecule has 1 saturated heterocycles. The van der Waals surface area contributed by atoms with Crippen molar-refractivity contribution in [1.29, 1.82) is 0 Å². The molecule has 1 aliphatic rings. The van der Waals surface area contributed by atoms with Crippen LogP contribution in [0.15, 0.2) is 30.3 Å². The molecule has 144 valence electrons. The van der Waals surface area contributed by atoms with Gasteiger partial charge in [-0.1, -0.05) is 24.3 Å². The maximum Gasteiger partial charge on any atom is 0.416 e. The van der Waals surface area contributed by atoms with Gasteiger partial charge in [0.2, 0.25) is 0 Å². The van der Waals surface area contributed by atoms with Gasteiger partial charge in [0, 0.05) is 13.1 Å². The zero-order valence-electron chi connectivity index (χ0n) is 15.5. The van der Waals surface area contributed by atoms with E-state index in [0.717, 1.165) is 37.0 Å². The molecule has 1 aromatic carbocycles. The molecule has 0 N–H and O–H groups in total. The Labute approximate surface area is 152 Å². The smallest absolute Gasteiger partial charge is 0.416 e. The van der Waals surface area contributed by atoms with Crippen molar-refractivity contribution in [2.45, 2.75) is 51.8 Å². The molecule has 0 bridgehead atoms. The van der Waals surface area contributed by atoms with E-state index in [1.807, 2.05) is 32.9 Å². The molecule has 0 aliphatic carbocycles. The number of rotatable bonds is 3. The Bertz CT molecular complexity index is 622. The first-order valence-corrected chi connectivity index (χ1v) is 8.86. The normalized spacial score (nSPS) is 16.9. The molecular weight excluding hydrogens is 343 g/mol. The first-order valence-electron chi connectivity index (χ1n) is 8.86. The van der Waals surface area contributed by atoms with Crippen LogP contribution in [0.1, 0.15) is 51.2 Å². The van der Waals surface area contributed by atoms with Gasteiger partial charge in [0.1, 0.15) is 5.60 Å². The number of carbonyl (C=O) groups is 1. The van der Waals surface area contributed by atoms with Gasteiger partial charge >= 0.3 is 12.3 Å². The lowest BCUT2D eigenvalue weighted by Crippen LogP contribution is -2.41. The molecule has 1 fully saturated rings. The summed E-state index contributed by atoms with van der Waals surface area (Å²) in [5, 5.41) is 0. The van der Waals surface area contributed by atoms with Crippen molar-refractivity contribution in [3.05, 3.63) is 41.5 Å². The fourth-order valence-electron chi connectivity index (χ4n) is 2.86. The summed E-state index contributed by atoms with van der Waals surface area (Å²) < 4.78 is 43.0. The van der Waals surface area contributed by atoms with Gasteiger partial charge in [0.05, 0.1) is 5.56 Å². The molecule has 1 aliphatic heterocycles. The number of likely N-dealkylation sites (tertiary alicyclic amines) is 1. The van der Waals surface area contributed by atoms with E-state index >= 15 is 0 Å². The van der Waals surface area contributed by atoms with Crippen molar-refractivity contribution in [1.82, 2.24) is 4.90 Å². The lowest BCUT2D eigenvalue weighted by molar-refractivity contribution is -0.137. The Morgan fingerprint density at radius 1 is 1.15 bits per heavy atom. The minimum atomic E-state index is -4.30. The predicted octanol–water partition coefficient (Wildman–Crippen LogP) is 5.76. The Kier molecular flexibility index (Phi) is 6.37. The second-order valence-electron chi connectivity index (χ2n) is 7.67. The third-order valence-corrected chi connectivity index (χ3v) is 4.28. The minimum Gasteiger partial charge on any atom is -0.444 e. The first kappa shape index (κ1) is 20.3. The van der Waals surface area contributed by atoms with Crippen LogP contribution in [0, 0.1) is 5.92 Å². The molecule has 3 nitrogen and oxygen atoms in total. The van der Waals surface area contributed by atoms with Gasteiger partial charge in [-0.05, 0) is 63.6 Å². The van der Waals surface area contributed by atoms with Crippen LogP contribution < -0.4 is 0 Å². The van der Waals surface area contributed by atoms with E-state index in [1.54, 1.807) is 4.90 Å². The van der Waals surface area contributed by atoms with E-state index in [2.05, 4.69) is 0 Å². The third-order valence-electron chi connectivity index (χ3n) is 4.28. The predicted molar refractivity (Wildman–Crippen MR) is 95.6 cm³/mol. The average Bonchev–Trinajstić information content (AvgIpc) is 2.53. The molecule has 6 heteroatoms. The number of piperidine rings is 1. The van der Waals surface area contributed by atoms with Gasteiger partial charge in [-0.2, -0.15) is 13.2 Å². The summed E-state index contributed by atoms with van der Waals surface area (Å²) in [7, 11) is 0. The van der Waals surface area contributed by atoms with E-state index in [1.165, 1.54) is 12.1 Å². The second kappa shape index (κ2) is 8.14. The highest BCUT2D eigenvalue weighted by Gasteiger charge is 2.30. The molecule has 0 spiro atoms. The summed E-state index contributed by atoms with van der Waals surface area (Å²) in [4.78, 5) is 13.8. The molecule has 0 aromatic heterocycles. The zero-order chi connectivity index (χ0) is 19.4. The Balaban J connectivity index is 1.78. The fourth-order valence-corrected chi connectivity index (χ4v) is 2.86. The summed E-state index contributed by atoms with van der Waals surface area (Å²) in [5.41, 5.74) is -0.369. The van der Waals surface area contributed by atoms with E-state index < -0.39 is 17.3 Å². The Hall–Kier alpha value is -1.98. The summed E-state index contributed by atoms with van der Waals surface area (Å²) in [6, 6.07) is 5.15.